The maximum atomic E-state index is 12.2. The Morgan fingerprint density at radius 2 is 1.63 bits per heavy atom. The van der Waals surface area contributed by atoms with Gasteiger partial charge in [-0.3, -0.25) is 4.79 Å². The molecule has 0 aromatic heterocycles. The summed E-state index contributed by atoms with van der Waals surface area (Å²) in [5.74, 6) is -0.0677. The van der Waals surface area contributed by atoms with Gasteiger partial charge in [-0.1, -0.05) is 12.1 Å². The van der Waals surface area contributed by atoms with Crippen LogP contribution >= 0.6 is 23.5 Å². The minimum atomic E-state index is -0.0677. The third-order valence-corrected chi connectivity index (χ3v) is 4.24. The average molecular weight is 289 g/mol. The van der Waals surface area contributed by atoms with Gasteiger partial charge in [0.15, 0.2) is 0 Å². The van der Waals surface area contributed by atoms with E-state index in [1.54, 1.807) is 23.5 Å². The van der Waals surface area contributed by atoms with Crippen molar-refractivity contribution >= 4 is 35.1 Å². The van der Waals surface area contributed by atoms with Crippen LogP contribution in [0.25, 0.3) is 0 Å². The summed E-state index contributed by atoms with van der Waals surface area (Å²) >= 11 is 3.26. The van der Waals surface area contributed by atoms with Crippen LogP contribution in [-0.2, 0) is 0 Å². The number of hydrogen-bond donors (Lipinski definition) is 1. The third kappa shape index (κ3) is 3.55. The smallest absolute Gasteiger partial charge is 0.256 e. The van der Waals surface area contributed by atoms with Crippen LogP contribution in [0.4, 0.5) is 5.69 Å². The summed E-state index contributed by atoms with van der Waals surface area (Å²) in [4.78, 5) is 14.4. The topological polar surface area (TPSA) is 29.1 Å². The van der Waals surface area contributed by atoms with Gasteiger partial charge in [-0.05, 0) is 48.9 Å². The van der Waals surface area contributed by atoms with Crippen molar-refractivity contribution in [2.24, 2.45) is 0 Å². The zero-order valence-corrected chi connectivity index (χ0v) is 12.5. The van der Waals surface area contributed by atoms with Crippen LogP contribution in [0.5, 0.6) is 0 Å². The van der Waals surface area contributed by atoms with Crippen LogP contribution < -0.4 is 5.32 Å². The standard InChI is InChI=1S/C15H15NOS2/c1-18-12-9-7-11(8-10-12)16-15(17)13-5-3-4-6-14(13)19-2/h3-10H,1-2H3,(H,16,17). The highest BCUT2D eigenvalue weighted by molar-refractivity contribution is 7.98. The van der Waals surface area contributed by atoms with Crippen molar-refractivity contribution in [2.75, 3.05) is 17.8 Å². The van der Waals surface area contributed by atoms with Crippen LogP contribution in [0.1, 0.15) is 10.4 Å². The van der Waals surface area contributed by atoms with E-state index >= 15 is 0 Å². The number of nitrogens with one attached hydrogen (secondary N) is 1. The van der Waals surface area contributed by atoms with E-state index in [9.17, 15) is 4.79 Å². The van der Waals surface area contributed by atoms with Gasteiger partial charge in [-0.2, -0.15) is 0 Å². The molecule has 2 rings (SSSR count). The molecule has 0 heterocycles. The van der Waals surface area contributed by atoms with Gasteiger partial charge < -0.3 is 5.32 Å². The summed E-state index contributed by atoms with van der Waals surface area (Å²) in [6.45, 7) is 0. The lowest BCUT2D eigenvalue weighted by molar-refractivity contribution is 0.102. The molecule has 2 nitrogen and oxygen atoms in total. The molecule has 0 aliphatic heterocycles. The number of carbonyl (C=O) groups is 1. The van der Waals surface area contributed by atoms with Crippen molar-refractivity contribution in [1.29, 1.82) is 0 Å². The molecular weight excluding hydrogens is 274 g/mol. The molecule has 0 spiro atoms. The molecule has 98 valence electrons. The lowest BCUT2D eigenvalue weighted by atomic mass is 10.2. The number of amides is 1. The van der Waals surface area contributed by atoms with E-state index in [4.69, 9.17) is 0 Å². The Labute approximate surface area is 122 Å². The molecule has 0 radical (unpaired) electrons. The highest BCUT2D eigenvalue weighted by Crippen LogP contribution is 2.22. The molecule has 0 aliphatic carbocycles. The molecule has 4 heteroatoms. The number of carbonyl (C=O) groups excluding carboxylic acids is 1. The zero-order chi connectivity index (χ0) is 13.7. The van der Waals surface area contributed by atoms with E-state index in [-0.39, 0.29) is 5.91 Å². The summed E-state index contributed by atoms with van der Waals surface area (Å²) in [7, 11) is 0. The predicted molar refractivity (Wildman–Crippen MR) is 84.4 cm³/mol. The third-order valence-electron chi connectivity index (χ3n) is 2.70. The van der Waals surface area contributed by atoms with Gasteiger partial charge in [0.05, 0.1) is 5.56 Å². The number of thioether (sulfide) groups is 2. The van der Waals surface area contributed by atoms with E-state index in [2.05, 4.69) is 5.32 Å². The first-order chi connectivity index (χ1) is 9.24. The van der Waals surface area contributed by atoms with Crippen molar-refractivity contribution < 1.29 is 4.79 Å². The Balaban J connectivity index is 2.16. The first-order valence-electron chi connectivity index (χ1n) is 5.83. The number of benzene rings is 2. The molecule has 1 amide bonds. The molecule has 1 N–H and O–H groups in total. The second-order valence-electron chi connectivity index (χ2n) is 3.88. The first-order valence-corrected chi connectivity index (χ1v) is 8.28. The monoisotopic (exact) mass is 289 g/mol. The summed E-state index contributed by atoms with van der Waals surface area (Å²) in [6, 6.07) is 15.5. The highest BCUT2D eigenvalue weighted by atomic mass is 32.2. The van der Waals surface area contributed by atoms with Crippen molar-refractivity contribution in [3.8, 4) is 0 Å². The molecule has 0 bridgehead atoms. The maximum absolute atomic E-state index is 12.2. The molecule has 0 saturated heterocycles. The van der Waals surface area contributed by atoms with Gasteiger partial charge in [-0.25, -0.2) is 0 Å². The molecular formula is C15H15NOS2. The van der Waals surface area contributed by atoms with E-state index in [0.29, 0.717) is 5.56 Å². The molecule has 0 aliphatic rings. The van der Waals surface area contributed by atoms with Crippen molar-refractivity contribution in [3.63, 3.8) is 0 Å². The van der Waals surface area contributed by atoms with Crippen LogP contribution in [0, 0.1) is 0 Å². The van der Waals surface area contributed by atoms with Crippen LogP contribution in [0.3, 0.4) is 0 Å². The van der Waals surface area contributed by atoms with Gasteiger partial charge in [-0.15, -0.1) is 23.5 Å². The van der Waals surface area contributed by atoms with Gasteiger partial charge in [0, 0.05) is 15.5 Å². The number of hydrogen-bond acceptors (Lipinski definition) is 3. The molecule has 2 aromatic carbocycles. The van der Waals surface area contributed by atoms with E-state index in [0.717, 1.165) is 10.6 Å². The summed E-state index contributed by atoms with van der Waals surface area (Å²) in [6.07, 6.45) is 4.00. The number of anilines is 1. The highest BCUT2D eigenvalue weighted by Gasteiger charge is 2.10. The fraction of sp³-hybridized carbons (Fsp3) is 0.133. The SMILES string of the molecule is CSc1ccc(NC(=O)c2ccccc2SC)cc1. The molecule has 0 fully saturated rings. The fourth-order valence-corrected chi connectivity index (χ4v) is 2.71. The lowest BCUT2D eigenvalue weighted by Crippen LogP contribution is -2.12. The Kier molecular flexibility index (Phi) is 4.93. The Hall–Kier alpha value is -1.39. The maximum Gasteiger partial charge on any atom is 0.256 e. The molecule has 0 atom stereocenters. The summed E-state index contributed by atoms with van der Waals surface area (Å²) < 4.78 is 0. The van der Waals surface area contributed by atoms with E-state index in [1.807, 2.05) is 61.0 Å². The lowest BCUT2D eigenvalue weighted by Gasteiger charge is -2.08. The van der Waals surface area contributed by atoms with Crippen LogP contribution in [-0.4, -0.2) is 18.4 Å². The Bertz CT molecular complexity index is 567. The summed E-state index contributed by atoms with van der Waals surface area (Å²) in [5.41, 5.74) is 1.53. The minimum absolute atomic E-state index is 0.0677. The fourth-order valence-electron chi connectivity index (χ4n) is 1.71. The second-order valence-corrected chi connectivity index (χ2v) is 5.61. The van der Waals surface area contributed by atoms with Crippen LogP contribution in [0.15, 0.2) is 58.3 Å². The van der Waals surface area contributed by atoms with Crippen molar-refractivity contribution in [3.05, 3.63) is 54.1 Å². The Morgan fingerprint density at radius 3 is 2.26 bits per heavy atom. The van der Waals surface area contributed by atoms with E-state index in [1.165, 1.54) is 4.90 Å². The molecule has 0 saturated carbocycles. The largest absolute Gasteiger partial charge is 0.322 e. The van der Waals surface area contributed by atoms with Gasteiger partial charge in [0.2, 0.25) is 0 Å². The van der Waals surface area contributed by atoms with Crippen LogP contribution in [0.2, 0.25) is 0 Å². The quantitative estimate of drug-likeness (QED) is 0.847. The first kappa shape index (κ1) is 14.0. The minimum Gasteiger partial charge on any atom is -0.322 e. The zero-order valence-electron chi connectivity index (χ0n) is 10.8. The summed E-state index contributed by atoms with van der Waals surface area (Å²) in [5, 5.41) is 2.92. The van der Waals surface area contributed by atoms with E-state index < -0.39 is 0 Å². The van der Waals surface area contributed by atoms with Crippen molar-refractivity contribution in [1.82, 2.24) is 0 Å². The number of rotatable bonds is 4. The Morgan fingerprint density at radius 1 is 0.947 bits per heavy atom. The second kappa shape index (κ2) is 6.68. The van der Waals surface area contributed by atoms with Crippen molar-refractivity contribution in [2.45, 2.75) is 9.79 Å². The average Bonchev–Trinajstić information content (AvgIpc) is 2.48. The molecule has 2 aromatic rings. The van der Waals surface area contributed by atoms with Gasteiger partial charge in [0.25, 0.3) is 5.91 Å². The van der Waals surface area contributed by atoms with Gasteiger partial charge in [0.1, 0.15) is 0 Å². The molecule has 19 heavy (non-hydrogen) atoms. The predicted octanol–water partition coefficient (Wildman–Crippen LogP) is 4.38. The van der Waals surface area contributed by atoms with Gasteiger partial charge >= 0.3 is 0 Å². The molecule has 0 unspecified atom stereocenters. The normalized spacial score (nSPS) is 10.2.